The Bertz CT molecular complexity index is 733. The molecule has 0 aliphatic carbocycles. The first-order valence-electron chi connectivity index (χ1n) is 8.65. The minimum Gasteiger partial charge on any atom is -0.494 e. The summed E-state index contributed by atoms with van der Waals surface area (Å²) in [5.41, 5.74) is 2.69. The maximum Gasteiger partial charge on any atom is 0.119 e. The van der Waals surface area contributed by atoms with E-state index in [2.05, 4.69) is 0 Å². The lowest BCUT2D eigenvalue weighted by Gasteiger charge is -2.35. The van der Waals surface area contributed by atoms with E-state index < -0.39 is 24.4 Å². The van der Waals surface area contributed by atoms with Gasteiger partial charge in [-0.3, -0.25) is 0 Å². The van der Waals surface area contributed by atoms with E-state index in [1.807, 2.05) is 37.3 Å². The molecule has 0 radical (unpaired) electrons. The molecule has 1 aliphatic heterocycles. The van der Waals surface area contributed by atoms with Crippen LogP contribution in [0.3, 0.4) is 0 Å². The van der Waals surface area contributed by atoms with Crippen molar-refractivity contribution in [3.05, 3.63) is 64.2 Å². The zero-order chi connectivity index (χ0) is 18.7. The van der Waals surface area contributed by atoms with Crippen molar-refractivity contribution in [1.29, 1.82) is 0 Å². The van der Waals surface area contributed by atoms with E-state index in [0.717, 1.165) is 16.9 Å². The molecule has 1 saturated heterocycles. The average Bonchev–Trinajstić information content (AvgIpc) is 2.64. The summed E-state index contributed by atoms with van der Waals surface area (Å²) in [4.78, 5) is 0. The van der Waals surface area contributed by atoms with Gasteiger partial charge in [0.1, 0.15) is 30.2 Å². The summed E-state index contributed by atoms with van der Waals surface area (Å²) in [6, 6.07) is 13.2. The largest absolute Gasteiger partial charge is 0.494 e. The number of hydrogen-bond donors (Lipinski definition) is 3. The molecule has 140 valence electrons. The van der Waals surface area contributed by atoms with Gasteiger partial charge in [-0.05, 0) is 48.2 Å². The first-order valence-corrected chi connectivity index (χ1v) is 9.03. The van der Waals surface area contributed by atoms with Gasteiger partial charge < -0.3 is 24.8 Å². The minimum absolute atomic E-state index is 0.0280. The van der Waals surface area contributed by atoms with E-state index in [1.165, 1.54) is 0 Å². The number of aliphatic hydroxyl groups excluding tert-OH is 3. The predicted molar refractivity (Wildman–Crippen MR) is 98.6 cm³/mol. The smallest absolute Gasteiger partial charge is 0.119 e. The number of rotatable bonds is 5. The van der Waals surface area contributed by atoms with E-state index in [-0.39, 0.29) is 6.61 Å². The Labute approximate surface area is 157 Å². The van der Waals surface area contributed by atoms with E-state index in [9.17, 15) is 15.3 Å². The third-order valence-corrected chi connectivity index (χ3v) is 4.90. The van der Waals surface area contributed by atoms with Crippen LogP contribution < -0.4 is 4.74 Å². The molecule has 2 aromatic rings. The molecule has 0 unspecified atom stereocenters. The van der Waals surface area contributed by atoms with Crippen LogP contribution in [0, 0.1) is 0 Å². The topological polar surface area (TPSA) is 79.2 Å². The fourth-order valence-corrected chi connectivity index (χ4v) is 3.28. The molecule has 1 heterocycles. The van der Waals surface area contributed by atoms with Gasteiger partial charge in [-0.25, -0.2) is 0 Å². The third kappa shape index (κ3) is 4.19. The second kappa shape index (κ2) is 8.37. The number of aliphatic hydroxyl groups is 3. The second-order valence-corrected chi connectivity index (χ2v) is 6.81. The van der Waals surface area contributed by atoms with Crippen LogP contribution >= 0.6 is 11.6 Å². The van der Waals surface area contributed by atoms with Gasteiger partial charge in [0.15, 0.2) is 0 Å². The lowest BCUT2D eigenvalue weighted by Crippen LogP contribution is -2.49. The molecule has 2 aromatic carbocycles. The number of benzene rings is 2. The van der Waals surface area contributed by atoms with Crippen molar-refractivity contribution in [2.75, 3.05) is 13.2 Å². The van der Waals surface area contributed by atoms with Crippen LogP contribution in [0.1, 0.15) is 29.7 Å². The summed E-state index contributed by atoms with van der Waals surface area (Å²) in [6.45, 7) is 2.54. The lowest BCUT2D eigenvalue weighted by atomic mass is 9.93. The average molecular weight is 379 g/mol. The standard InChI is InChI=1S/C20H23ClO5/c1-2-25-15-6-3-12(4-7-15)9-14-10-13(5-8-16(14)21)20-19(24)18(23)17(22)11-26-20/h3-8,10,17-20,22-24H,2,9,11H2,1H3/t17-,18+,19+,20-/m0/s1. The normalized spacial score (nSPS) is 25.9. The highest BCUT2D eigenvalue weighted by Crippen LogP contribution is 2.32. The third-order valence-electron chi connectivity index (χ3n) is 4.53. The highest BCUT2D eigenvalue weighted by Gasteiger charge is 2.38. The Kier molecular flexibility index (Phi) is 6.16. The van der Waals surface area contributed by atoms with Crippen molar-refractivity contribution in [2.45, 2.75) is 37.8 Å². The molecule has 0 spiro atoms. The predicted octanol–water partition coefficient (Wildman–Crippen LogP) is 2.48. The van der Waals surface area contributed by atoms with Crippen LogP contribution in [0.25, 0.3) is 0 Å². The Balaban J connectivity index is 1.79. The molecule has 1 aliphatic rings. The first kappa shape index (κ1) is 19.1. The van der Waals surface area contributed by atoms with Gasteiger partial charge in [0, 0.05) is 5.02 Å². The molecule has 1 fully saturated rings. The van der Waals surface area contributed by atoms with Crippen LogP contribution in [-0.2, 0) is 11.2 Å². The molecule has 6 heteroatoms. The molecule has 0 bridgehead atoms. The fourth-order valence-electron chi connectivity index (χ4n) is 3.10. The molecule has 5 nitrogen and oxygen atoms in total. The Morgan fingerprint density at radius 2 is 1.81 bits per heavy atom. The summed E-state index contributed by atoms with van der Waals surface area (Å²) in [5, 5.41) is 30.3. The van der Waals surface area contributed by atoms with Gasteiger partial charge >= 0.3 is 0 Å². The van der Waals surface area contributed by atoms with Gasteiger partial charge in [0.05, 0.1) is 13.2 Å². The van der Waals surface area contributed by atoms with Crippen LogP contribution in [0.15, 0.2) is 42.5 Å². The highest BCUT2D eigenvalue weighted by molar-refractivity contribution is 6.31. The monoisotopic (exact) mass is 378 g/mol. The van der Waals surface area contributed by atoms with Crippen molar-refractivity contribution in [3.63, 3.8) is 0 Å². The minimum atomic E-state index is -1.24. The summed E-state index contributed by atoms with van der Waals surface area (Å²) < 4.78 is 11.0. The van der Waals surface area contributed by atoms with Crippen LogP contribution in [0.4, 0.5) is 0 Å². The van der Waals surface area contributed by atoms with Gasteiger partial charge in [0.25, 0.3) is 0 Å². The number of hydrogen-bond acceptors (Lipinski definition) is 5. The van der Waals surface area contributed by atoms with E-state index in [4.69, 9.17) is 21.1 Å². The molecule has 3 N–H and O–H groups in total. The molecule has 3 rings (SSSR count). The van der Waals surface area contributed by atoms with Crippen molar-refractivity contribution in [3.8, 4) is 5.75 Å². The van der Waals surface area contributed by atoms with Crippen molar-refractivity contribution in [1.82, 2.24) is 0 Å². The lowest BCUT2D eigenvalue weighted by molar-refractivity contribution is -0.189. The SMILES string of the molecule is CCOc1ccc(Cc2cc([C@@H]3OC[C@H](O)[C@@H](O)[C@H]3O)ccc2Cl)cc1. The Hall–Kier alpha value is -1.63. The quantitative estimate of drug-likeness (QED) is 0.745. The first-order chi connectivity index (χ1) is 12.5. The molecular weight excluding hydrogens is 356 g/mol. The van der Waals surface area contributed by atoms with Crippen LogP contribution in [0.2, 0.25) is 5.02 Å². The number of halogens is 1. The van der Waals surface area contributed by atoms with E-state index in [1.54, 1.807) is 12.1 Å². The van der Waals surface area contributed by atoms with E-state index in [0.29, 0.717) is 23.6 Å². The van der Waals surface area contributed by atoms with Gasteiger partial charge in [-0.1, -0.05) is 35.9 Å². The molecule has 0 amide bonds. The highest BCUT2D eigenvalue weighted by atomic mass is 35.5. The summed E-state index contributed by atoms with van der Waals surface area (Å²) in [6.07, 6.45) is -3.61. The molecule has 4 atom stereocenters. The van der Waals surface area contributed by atoms with Gasteiger partial charge in [-0.2, -0.15) is 0 Å². The zero-order valence-electron chi connectivity index (χ0n) is 14.5. The molecule has 26 heavy (non-hydrogen) atoms. The van der Waals surface area contributed by atoms with Crippen LogP contribution in [0.5, 0.6) is 5.75 Å². The number of ether oxygens (including phenoxy) is 2. The summed E-state index contributed by atoms with van der Waals surface area (Å²) in [7, 11) is 0. The second-order valence-electron chi connectivity index (χ2n) is 6.41. The van der Waals surface area contributed by atoms with Crippen molar-refractivity contribution >= 4 is 11.6 Å². The van der Waals surface area contributed by atoms with Crippen molar-refractivity contribution < 1.29 is 24.8 Å². The van der Waals surface area contributed by atoms with Crippen molar-refractivity contribution in [2.24, 2.45) is 0 Å². The fraction of sp³-hybridized carbons (Fsp3) is 0.400. The van der Waals surface area contributed by atoms with Crippen LogP contribution in [-0.4, -0.2) is 46.8 Å². The molecular formula is C20H23ClO5. The summed E-state index contributed by atoms with van der Waals surface area (Å²) in [5.74, 6) is 0.822. The maximum absolute atomic E-state index is 10.2. The molecule has 0 saturated carbocycles. The Morgan fingerprint density at radius 3 is 2.50 bits per heavy atom. The molecule has 0 aromatic heterocycles. The van der Waals surface area contributed by atoms with E-state index >= 15 is 0 Å². The Morgan fingerprint density at radius 1 is 1.08 bits per heavy atom. The maximum atomic E-state index is 10.2. The van der Waals surface area contributed by atoms with Gasteiger partial charge in [-0.15, -0.1) is 0 Å². The zero-order valence-corrected chi connectivity index (χ0v) is 15.3. The van der Waals surface area contributed by atoms with Gasteiger partial charge in [0.2, 0.25) is 0 Å². The summed E-state index contributed by atoms with van der Waals surface area (Å²) >= 11 is 6.34.